The molecule has 4 atom stereocenters. The highest BCUT2D eigenvalue weighted by molar-refractivity contribution is 6.23. The summed E-state index contributed by atoms with van der Waals surface area (Å²) in [4.78, 5) is 27.3. The number of carbonyl (C=O) groups excluding carboxylic acids is 2. The third kappa shape index (κ3) is 1.29. The molecule has 1 spiro atoms. The molecule has 0 radical (unpaired) electrons. The zero-order valence-electron chi connectivity index (χ0n) is 12.7. The number of hydrogen-bond acceptors (Lipinski definition) is 2. The van der Waals surface area contributed by atoms with E-state index in [1.54, 1.807) is 0 Å². The first-order chi connectivity index (χ1) is 10.7. The second kappa shape index (κ2) is 3.89. The highest BCUT2D eigenvalue weighted by Gasteiger charge is 2.73. The van der Waals surface area contributed by atoms with Crippen molar-refractivity contribution in [3.05, 3.63) is 42.0 Å². The highest BCUT2D eigenvalue weighted by Crippen LogP contribution is 2.73. The summed E-state index contributed by atoms with van der Waals surface area (Å²) in [5.41, 5.74) is 2.24. The summed E-state index contributed by atoms with van der Waals surface area (Å²) in [6, 6.07) is 7.86. The Balaban J connectivity index is 1.53. The van der Waals surface area contributed by atoms with E-state index in [1.165, 1.54) is 23.3 Å². The largest absolute Gasteiger partial charge is 0.274 e. The Bertz CT molecular complexity index is 679. The monoisotopic (exact) mass is 293 g/mol. The van der Waals surface area contributed by atoms with Gasteiger partial charge in [-0.3, -0.25) is 14.5 Å². The number of aryl methyl sites for hydroxylation is 1. The SMILES string of the molecule is CCc1ccc(N2C(=O)C3C(C2=O)C2C=CC3C23CC3)cc1. The van der Waals surface area contributed by atoms with E-state index in [4.69, 9.17) is 0 Å². The average Bonchev–Trinajstić information content (AvgIpc) is 3.13. The molecular weight excluding hydrogens is 274 g/mol. The first kappa shape index (κ1) is 12.6. The van der Waals surface area contributed by atoms with Gasteiger partial charge in [-0.25, -0.2) is 0 Å². The Morgan fingerprint density at radius 3 is 2.00 bits per heavy atom. The standard InChI is InChI=1S/C19H19NO2/c1-2-11-3-5-12(6-4-11)20-17(21)15-13-7-8-14(16(15)18(20)22)19(13)9-10-19/h3-8,13-16H,2,9-10H2,1H3. The molecule has 2 bridgehead atoms. The number of anilines is 1. The van der Waals surface area contributed by atoms with Crippen molar-refractivity contribution in [1.82, 2.24) is 0 Å². The average molecular weight is 293 g/mol. The molecule has 1 saturated heterocycles. The maximum Gasteiger partial charge on any atom is 0.238 e. The Kier molecular flexibility index (Phi) is 2.23. The van der Waals surface area contributed by atoms with Crippen LogP contribution in [-0.4, -0.2) is 11.8 Å². The van der Waals surface area contributed by atoms with Gasteiger partial charge in [-0.1, -0.05) is 31.2 Å². The molecular formula is C19H19NO2. The Labute approximate surface area is 130 Å². The number of allylic oxidation sites excluding steroid dienone is 2. The van der Waals surface area contributed by atoms with Crippen LogP contribution in [0.2, 0.25) is 0 Å². The maximum absolute atomic E-state index is 12.9. The maximum atomic E-state index is 12.9. The van der Waals surface area contributed by atoms with Crippen LogP contribution < -0.4 is 4.90 Å². The van der Waals surface area contributed by atoms with Gasteiger partial charge in [-0.2, -0.15) is 0 Å². The van der Waals surface area contributed by atoms with Crippen LogP contribution >= 0.6 is 0 Å². The van der Waals surface area contributed by atoms with Gasteiger partial charge in [0, 0.05) is 0 Å². The van der Waals surface area contributed by atoms with Gasteiger partial charge in [0.15, 0.2) is 0 Å². The van der Waals surface area contributed by atoms with Crippen molar-refractivity contribution in [3.63, 3.8) is 0 Å². The summed E-state index contributed by atoms with van der Waals surface area (Å²) in [6.07, 6.45) is 7.77. The fourth-order valence-corrected chi connectivity index (χ4v) is 5.21. The van der Waals surface area contributed by atoms with Crippen molar-refractivity contribution in [2.24, 2.45) is 29.1 Å². The van der Waals surface area contributed by atoms with Crippen LogP contribution in [0, 0.1) is 29.1 Å². The van der Waals surface area contributed by atoms with Crippen LogP contribution in [0.5, 0.6) is 0 Å². The Hall–Kier alpha value is -1.90. The third-order valence-electron chi connectivity index (χ3n) is 6.46. The van der Waals surface area contributed by atoms with Crippen LogP contribution in [-0.2, 0) is 16.0 Å². The van der Waals surface area contributed by atoms with E-state index < -0.39 is 0 Å². The normalized spacial score (nSPS) is 36.5. The van der Waals surface area contributed by atoms with Gasteiger partial charge in [-0.15, -0.1) is 0 Å². The summed E-state index contributed by atoms with van der Waals surface area (Å²) in [7, 11) is 0. The molecule has 3 aliphatic carbocycles. The number of carbonyl (C=O) groups is 2. The van der Waals surface area contributed by atoms with Crippen molar-refractivity contribution in [2.45, 2.75) is 26.2 Å². The van der Waals surface area contributed by atoms with E-state index in [1.807, 2.05) is 24.3 Å². The van der Waals surface area contributed by atoms with E-state index >= 15 is 0 Å². The molecule has 0 aromatic heterocycles. The van der Waals surface area contributed by atoms with Crippen LogP contribution in [0.1, 0.15) is 25.3 Å². The van der Waals surface area contributed by atoms with E-state index in [0.717, 1.165) is 12.1 Å². The third-order valence-corrected chi connectivity index (χ3v) is 6.46. The van der Waals surface area contributed by atoms with E-state index in [0.29, 0.717) is 11.8 Å². The van der Waals surface area contributed by atoms with Crippen LogP contribution in [0.25, 0.3) is 0 Å². The molecule has 1 aromatic rings. The summed E-state index contributed by atoms with van der Waals surface area (Å²) in [6.45, 7) is 2.10. The fourth-order valence-electron chi connectivity index (χ4n) is 5.21. The van der Waals surface area contributed by atoms with Gasteiger partial charge in [0.1, 0.15) is 0 Å². The molecule has 112 valence electrons. The van der Waals surface area contributed by atoms with Gasteiger partial charge in [0.2, 0.25) is 11.8 Å². The molecule has 3 nitrogen and oxygen atoms in total. The van der Waals surface area contributed by atoms with Crippen molar-refractivity contribution >= 4 is 17.5 Å². The van der Waals surface area contributed by atoms with E-state index in [2.05, 4.69) is 19.1 Å². The first-order valence-electron chi connectivity index (χ1n) is 8.32. The number of fused-ring (bicyclic) bond motifs is 3. The zero-order valence-corrected chi connectivity index (χ0v) is 12.7. The number of imide groups is 1. The van der Waals surface area contributed by atoms with Crippen molar-refractivity contribution in [1.29, 1.82) is 0 Å². The van der Waals surface area contributed by atoms with Crippen molar-refractivity contribution in [2.75, 3.05) is 4.90 Å². The Morgan fingerprint density at radius 1 is 1.00 bits per heavy atom. The minimum atomic E-state index is -0.101. The van der Waals surface area contributed by atoms with Gasteiger partial charge < -0.3 is 0 Å². The molecule has 1 aromatic carbocycles. The predicted molar refractivity (Wildman–Crippen MR) is 83.1 cm³/mol. The van der Waals surface area contributed by atoms with Gasteiger partial charge in [-0.05, 0) is 54.2 Å². The molecule has 1 heterocycles. The molecule has 2 saturated carbocycles. The molecule has 0 N–H and O–H groups in total. The smallest absolute Gasteiger partial charge is 0.238 e. The molecule has 2 amide bonds. The molecule has 3 heteroatoms. The Morgan fingerprint density at radius 2 is 1.55 bits per heavy atom. The molecule has 4 unspecified atom stereocenters. The lowest BCUT2D eigenvalue weighted by Gasteiger charge is -2.21. The van der Waals surface area contributed by atoms with Gasteiger partial charge in [0.05, 0.1) is 17.5 Å². The highest BCUT2D eigenvalue weighted by atomic mass is 16.2. The first-order valence-corrected chi connectivity index (χ1v) is 8.32. The fraction of sp³-hybridized carbons (Fsp3) is 0.474. The van der Waals surface area contributed by atoms with E-state index in [9.17, 15) is 9.59 Å². The topological polar surface area (TPSA) is 37.4 Å². The number of hydrogen-bond donors (Lipinski definition) is 0. The lowest BCUT2D eigenvalue weighted by molar-refractivity contribution is -0.123. The van der Waals surface area contributed by atoms with E-state index in [-0.39, 0.29) is 29.1 Å². The summed E-state index contributed by atoms with van der Waals surface area (Å²) < 4.78 is 0. The lowest BCUT2D eigenvalue weighted by atomic mass is 9.85. The number of nitrogens with zero attached hydrogens (tertiary/aromatic N) is 1. The lowest BCUT2D eigenvalue weighted by Crippen LogP contribution is -2.34. The van der Waals surface area contributed by atoms with Gasteiger partial charge >= 0.3 is 0 Å². The summed E-state index contributed by atoms with van der Waals surface area (Å²) >= 11 is 0. The van der Waals surface area contributed by atoms with Crippen molar-refractivity contribution < 1.29 is 9.59 Å². The molecule has 3 fully saturated rings. The molecule has 1 aliphatic heterocycles. The number of rotatable bonds is 2. The zero-order chi connectivity index (χ0) is 15.1. The van der Waals surface area contributed by atoms with Crippen molar-refractivity contribution in [3.8, 4) is 0 Å². The van der Waals surface area contributed by atoms with Crippen LogP contribution in [0.15, 0.2) is 36.4 Å². The van der Waals surface area contributed by atoms with Gasteiger partial charge in [0.25, 0.3) is 0 Å². The molecule has 5 rings (SSSR count). The summed E-state index contributed by atoms with van der Waals surface area (Å²) in [5, 5.41) is 0. The molecule has 22 heavy (non-hydrogen) atoms. The minimum Gasteiger partial charge on any atom is -0.274 e. The number of benzene rings is 1. The second-order valence-corrected chi connectivity index (χ2v) is 7.25. The second-order valence-electron chi connectivity index (χ2n) is 7.25. The molecule has 4 aliphatic rings. The summed E-state index contributed by atoms with van der Waals surface area (Å²) in [5.74, 6) is 0.467. The number of amides is 2. The van der Waals surface area contributed by atoms with Crippen LogP contribution in [0.3, 0.4) is 0 Å². The van der Waals surface area contributed by atoms with Crippen LogP contribution in [0.4, 0.5) is 5.69 Å². The minimum absolute atomic E-state index is 0.0300. The predicted octanol–water partition coefficient (Wildman–Crippen LogP) is 2.95. The quantitative estimate of drug-likeness (QED) is 0.621.